The van der Waals surface area contributed by atoms with Gasteiger partial charge in [-0.05, 0) is 24.0 Å². The molecule has 0 spiro atoms. The van der Waals surface area contributed by atoms with Crippen LogP contribution in [0.15, 0.2) is 12.1 Å². The van der Waals surface area contributed by atoms with Crippen LogP contribution in [0.1, 0.15) is 37.6 Å². The maximum absolute atomic E-state index is 13.6. The number of carbonyl (C=O) groups excluding carboxylic acids is 1. The molecule has 20 heavy (non-hydrogen) atoms. The van der Waals surface area contributed by atoms with Crippen molar-refractivity contribution < 1.29 is 23.8 Å². The summed E-state index contributed by atoms with van der Waals surface area (Å²) in [5, 5.41) is 20.8. The fourth-order valence-electron chi connectivity index (χ4n) is 1.91. The zero-order chi connectivity index (χ0) is 15.5. The maximum Gasteiger partial charge on any atom is 0.257 e. The minimum atomic E-state index is -1.31. The fourth-order valence-corrected chi connectivity index (χ4v) is 1.91. The van der Waals surface area contributed by atoms with E-state index in [4.69, 9.17) is 0 Å². The minimum Gasteiger partial charge on any atom is -0.505 e. The Morgan fingerprint density at radius 3 is 2.45 bits per heavy atom. The Morgan fingerprint density at radius 1 is 1.35 bits per heavy atom. The lowest BCUT2D eigenvalue weighted by Gasteiger charge is -2.25. The van der Waals surface area contributed by atoms with Crippen molar-refractivity contribution in [1.82, 2.24) is 5.32 Å². The largest absolute Gasteiger partial charge is 0.505 e. The SMILES string of the molecule is CC(C)(C)C[C@@H](CO)NC(=O)c1c(F)ccc(O)c1F. The lowest BCUT2D eigenvalue weighted by atomic mass is 9.88. The first-order valence-corrected chi connectivity index (χ1v) is 6.24. The predicted molar refractivity (Wildman–Crippen MR) is 70.4 cm³/mol. The molecule has 1 aromatic rings. The lowest BCUT2D eigenvalue weighted by Crippen LogP contribution is -2.40. The van der Waals surface area contributed by atoms with Crippen molar-refractivity contribution in [1.29, 1.82) is 0 Å². The van der Waals surface area contributed by atoms with Crippen molar-refractivity contribution in [3.8, 4) is 5.75 Å². The highest BCUT2D eigenvalue weighted by Crippen LogP contribution is 2.23. The number of hydrogen-bond donors (Lipinski definition) is 3. The molecule has 0 heterocycles. The number of benzene rings is 1. The molecule has 0 saturated carbocycles. The van der Waals surface area contributed by atoms with Crippen LogP contribution < -0.4 is 5.32 Å². The molecule has 1 aromatic carbocycles. The summed E-state index contributed by atoms with van der Waals surface area (Å²) >= 11 is 0. The van der Waals surface area contributed by atoms with E-state index in [1.54, 1.807) is 0 Å². The minimum absolute atomic E-state index is 0.170. The summed E-state index contributed by atoms with van der Waals surface area (Å²) in [6.07, 6.45) is 0.442. The number of phenolic OH excluding ortho intramolecular Hbond substituents is 1. The Labute approximate surface area is 116 Å². The number of amides is 1. The van der Waals surface area contributed by atoms with Gasteiger partial charge in [0.15, 0.2) is 11.6 Å². The normalized spacial score (nSPS) is 13.1. The second kappa shape index (κ2) is 6.17. The maximum atomic E-state index is 13.6. The molecule has 0 radical (unpaired) electrons. The molecule has 0 saturated heterocycles. The van der Waals surface area contributed by atoms with Crippen LogP contribution in [0, 0.1) is 17.0 Å². The molecule has 0 aliphatic carbocycles. The highest BCUT2D eigenvalue weighted by atomic mass is 19.1. The molecule has 1 amide bonds. The van der Waals surface area contributed by atoms with Crippen LogP contribution >= 0.6 is 0 Å². The Bertz CT molecular complexity index is 498. The van der Waals surface area contributed by atoms with E-state index in [9.17, 15) is 23.8 Å². The van der Waals surface area contributed by atoms with Gasteiger partial charge in [0.25, 0.3) is 5.91 Å². The molecule has 0 aromatic heterocycles. The van der Waals surface area contributed by atoms with E-state index in [0.29, 0.717) is 6.42 Å². The third-order valence-electron chi connectivity index (χ3n) is 2.71. The van der Waals surface area contributed by atoms with E-state index in [1.165, 1.54) is 0 Å². The van der Waals surface area contributed by atoms with E-state index in [2.05, 4.69) is 5.32 Å². The Hall–Kier alpha value is -1.69. The average molecular weight is 287 g/mol. The van der Waals surface area contributed by atoms with Gasteiger partial charge in [0.2, 0.25) is 0 Å². The first-order valence-electron chi connectivity index (χ1n) is 6.24. The first-order chi connectivity index (χ1) is 9.15. The molecule has 0 bridgehead atoms. The van der Waals surface area contributed by atoms with Gasteiger partial charge in [0.05, 0.1) is 12.6 Å². The van der Waals surface area contributed by atoms with Crippen LogP contribution in [-0.4, -0.2) is 28.8 Å². The van der Waals surface area contributed by atoms with E-state index in [-0.39, 0.29) is 12.0 Å². The molecular formula is C14H19F2NO3. The number of aliphatic hydroxyl groups excluding tert-OH is 1. The van der Waals surface area contributed by atoms with E-state index < -0.39 is 34.9 Å². The number of aromatic hydroxyl groups is 1. The summed E-state index contributed by atoms with van der Waals surface area (Å²) in [6.45, 7) is 5.40. The molecule has 3 N–H and O–H groups in total. The van der Waals surface area contributed by atoms with Crippen LogP contribution in [0.2, 0.25) is 0 Å². The van der Waals surface area contributed by atoms with Gasteiger partial charge in [-0.3, -0.25) is 4.79 Å². The average Bonchev–Trinajstić information content (AvgIpc) is 2.32. The lowest BCUT2D eigenvalue weighted by molar-refractivity contribution is 0.0888. The summed E-state index contributed by atoms with van der Waals surface area (Å²) in [5.74, 6) is -4.17. The Balaban J connectivity index is 2.93. The summed E-state index contributed by atoms with van der Waals surface area (Å²) in [4.78, 5) is 11.9. The quantitative estimate of drug-likeness (QED) is 0.795. The molecular weight excluding hydrogens is 268 g/mol. The summed E-state index contributed by atoms with van der Waals surface area (Å²) in [5.41, 5.74) is -1.02. The number of carbonyl (C=O) groups is 1. The zero-order valence-electron chi connectivity index (χ0n) is 11.7. The molecule has 6 heteroatoms. The number of rotatable bonds is 4. The second-order valence-electron chi connectivity index (χ2n) is 5.87. The Kier molecular flexibility index (Phi) is 5.05. The van der Waals surface area contributed by atoms with E-state index in [1.807, 2.05) is 20.8 Å². The van der Waals surface area contributed by atoms with Gasteiger partial charge in [-0.2, -0.15) is 0 Å². The Morgan fingerprint density at radius 2 is 1.95 bits per heavy atom. The van der Waals surface area contributed by atoms with Crippen LogP contribution in [-0.2, 0) is 0 Å². The second-order valence-corrected chi connectivity index (χ2v) is 5.87. The van der Waals surface area contributed by atoms with Crippen LogP contribution in [0.3, 0.4) is 0 Å². The summed E-state index contributed by atoms with van der Waals surface area (Å²) < 4.78 is 27.1. The van der Waals surface area contributed by atoms with Crippen LogP contribution in [0.4, 0.5) is 8.78 Å². The van der Waals surface area contributed by atoms with Gasteiger partial charge < -0.3 is 15.5 Å². The molecule has 1 rings (SSSR count). The predicted octanol–water partition coefficient (Wildman–Crippen LogP) is 2.20. The van der Waals surface area contributed by atoms with E-state index >= 15 is 0 Å². The smallest absolute Gasteiger partial charge is 0.257 e. The monoisotopic (exact) mass is 287 g/mol. The first kappa shape index (κ1) is 16.4. The molecule has 0 fully saturated rings. The molecule has 0 unspecified atom stereocenters. The molecule has 0 aliphatic rings. The zero-order valence-corrected chi connectivity index (χ0v) is 11.7. The van der Waals surface area contributed by atoms with Gasteiger partial charge in [-0.1, -0.05) is 20.8 Å². The van der Waals surface area contributed by atoms with Crippen molar-refractivity contribution >= 4 is 5.91 Å². The van der Waals surface area contributed by atoms with Crippen LogP contribution in [0.5, 0.6) is 5.75 Å². The van der Waals surface area contributed by atoms with Gasteiger partial charge in [-0.15, -0.1) is 0 Å². The third kappa shape index (κ3) is 4.16. The number of hydrogen-bond acceptors (Lipinski definition) is 3. The highest BCUT2D eigenvalue weighted by Gasteiger charge is 2.25. The van der Waals surface area contributed by atoms with Crippen molar-refractivity contribution in [2.45, 2.75) is 33.2 Å². The standard InChI is InChI=1S/C14H19F2NO3/c1-14(2,3)6-8(7-18)17-13(20)11-9(15)4-5-10(19)12(11)16/h4-5,8,18-19H,6-7H2,1-3H3,(H,17,20)/t8-/m0/s1. The summed E-state index contributed by atoms with van der Waals surface area (Å²) in [7, 11) is 0. The molecule has 1 atom stereocenters. The van der Waals surface area contributed by atoms with Gasteiger partial charge >= 0.3 is 0 Å². The molecule has 112 valence electrons. The molecule has 0 aliphatic heterocycles. The van der Waals surface area contributed by atoms with Gasteiger partial charge in [-0.25, -0.2) is 8.78 Å². The van der Waals surface area contributed by atoms with Gasteiger partial charge in [0.1, 0.15) is 11.4 Å². The fraction of sp³-hybridized carbons (Fsp3) is 0.500. The van der Waals surface area contributed by atoms with Crippen molar-refractivity contribution in [3.05, 3.63) is 29.3 Å². The highest BCUT2D eigenvalue weighted by molar-refractivity contribution is 5.95. The van der Waals surface area contributed by atoms with Gasteiger partial charge in [0, 0.05) is 0 Å². The van der Waals surface area contributed by atoms with Crippen molar-refractivity contribution in [2.75, 3.05) is 6.61 Å². The number of aliphatic hydroxyl groups is 1. The molecule has 4 nitrogen and oxygen atoms in total. The van der Waals surface area contributed by atoms with Crippen molar-refractivity contribution in [3.63, 3.8) is 0 Å². The van der Waals surface area contributed by atoms with Crippen molar-refractivity contribution in [2.24, 2.45) is 5.41 Å². The number of phenols is 1. The number of halogens is 2. The topological polar surface area (TPSA) is 69.6 Å². The summed E-state index contributed by atoms with van der Waals surface area (Å²) in [6, 6.07) is 1.02. The number of nitrogens with one attached hydrogen (secondary N) is 1. The van der Waals surface area contributed by atoms with Crippen LogP contribution in [0.25, 0.3) is 0 Å². The van der Waals surface area contributed by atoms with E-state index in [0.717, 1.165) is 12.1 Å². The third-order valence-corrected chi connectivity index (χ3v) is 2.71.